The van der Waals surface area contributed by atoms with E-state index in [1.54, 1.807) is 12.1 Å². The molecule has 1 aromatic rings. The summed E-state index contributed by atoms with van der Waals surface area (Å²) in [5.74, 6) is 0.0197. The molecule has 3 N–H and O–H groups in total. The molecule has 0 aromatic heterocycles. The Morgan fingerprint density at radius 1 is 1.35 bits per heavy atom. The van der Waals surface area contributed by atoms with Gasteiger partial charge in [0.25, 0.3) is 0 Å². The van der Waals surface area contributed by atoms with Crippen LogP contribution in [0.3, 0.4) is 0 Å². The maximum absolute atomic E-state index is 12.0. The molecule has 1 atom stereocenters. The van der Waals surface area contributed by atoms with Gasteiger partial charge in [-0.15, -0.1) is 12.4 Å². The molecular weight excluding hydrogens is 290 g/mol. The third kappa shape index (κ3) is 6.68. The van der Waals surface area contributed by atoms with Gasteiger partial charge >= 0.3 is 6.61 Å². The lowest BCUT2D eigenvalue weighted by Crippen LogP contribution is -2.26. The highest BCUT2D eigenvalue weighted by Crippen LogP contribution is 2.19. The van der Waals surface area contributed by atoms with E-state index in [-0.39, 0.29) is 30.1 Å². The van der Waals surface area contributed by atoms with Crippen LogP contribution < -0.4 is 15.8 Å². The minimum absolute atomic E-state index is 0. The number of halogens is 3. The third-order valence-corrected chi connectivity index (χ3v) is 2.59. The minimum Gasteiger partial charge on any atom is -0.435 e. The molecule has 1 unspecified atom stereocenters. The van der Waals surface area contributed by atoms with E-state index in [1.807, 2.05) is 6.92 Å². The first-order valence-corrected chi connectivity index (χ1v) is 6.07. The van der Waals surface area contributed by atoms with Gasteiger partial charge in [-0.05, 0) is 37.6 Å². The van der Waals surface area contributed by atoms with Crippen LogP contribution in [0.4, 0.5) is 8.78 Å². The summed E-state index contributed by atoms with van der Waals surface area (Å²) < 4.78 is 28.2. The van der Waals surface area contributed by atoms with E-state index in [9.17, 15) is 13.6 Å². The number of hydrogen-bond acceptors (Lipinski definition) is 3. The second-order valence-electron chi connectivity index (χ2n) is 4.13. The van der Waals surface area contributed by atoms with Gasteiger partial charge in [0.1, 0.15) is 5.75 Å². The fourth-order valence-electron chi connectivity index (χ4n) is 1.60. The van der Waals surface area contributed by atoms with Crippen molar-refractivity contribution in [1.82, 2.24) is 5.32 Å². The number of hydrogen-bond donors (Lipinski definition) is 2. The summed E-state index contributed by atoms with van der Waals surface area (Å²) in [6.07, 6.45) is 1.02. The van der Waals surface area contributed by atoms with Crippen LogP contribution in [0.2, 0.25) is 0 Å². The number of rotatable bonds is 7. The van der Waals surface area contributed by atoms with Gasteiger partial charge in [0.05, 0.1) is 6.04 Å². The molecule has 1 aromatic carbocycles. The van der Waals surface area contributed by atoms with E-state index < -0.39 is 6.61 Å². The van der Waals surface area contributed by atoms with Gasteiger partial charge in [0.15, 0.2) is 0 Å². The van der Waals surface area contributed by atoms with Crippen molar-refractivity contribution in [3.05, 3.63) is 29.8 Å². The lowest BCUT2D eigenvalue weighted by Gasteiger charge is -2.15. The molecule has 0 bridgehead atoms. The Labute approximate surface area is 123 Å². The average Bonchev–Trinajstić information content (AvgIpc) is 2.36. The number of carbonyl (C=O) groups is 1. The molecule has 0 fully saturated rings. The molecule has 4 nitrogen and oxygen atoms in total. The van der Waals surface area contributed by atoms with E-state index in [4.69, 9.17) is 5.73 Å². The fraction of sp³-hybridized carbons (Fsp3) is 0.462. The number of alkyl halides is 2. The van der Waals surface area contributed by atoms with Crippen LogP contribution in [0, 0.1) is 0 Å². The van der Waals surface area contributed by atoms with Crippen LogP contribution in [0.15, 0.2) is 24.3 Å². The number of amides is 1. The molecule has 0 aliphatic rings. The molecule has 20 heavy (non-hydrogen) atoms. The van der Waals surface area contributed by atoms with Crippen molar-refractivity contribution in [2.75, 3.05) is 6.54 Å². The quantitative estimate of drug-likeness (QED) is 0.814. The van der Waals surface area contributed by atoms with Gasteiger partial charge in [-0.25, -0.2) is 0 Å². The predicted octanol–water partition coefficient (Wildman–Crippen LogP) is 2.63. The zero-order chi connectivity index (χ0) is 14.3. The van der Waals surface area contributed by atoms with Crippen LogP contribution in [0.1, 0.15) is 31.4 Å². The van der Waals surface area contributed by atoms with E-state index >= 15 is 0 Å². The Bertz CT molecular complexity index is 402. The molecule has 0 saturated heterocycles. The molecule has 1 amide bonds. The fourth-order valence-corrected chi connectivity index (χ4v) is 1.60. The second-order valence-corrected chi connectivity index (χ2v) is 4.13. The van der Waals surface area contributed by atoms with Crippen LogP contribution >= 0.6 is 12.4 Å². The summed E-state index contributed by atoms with van der Waals surface area (Å²) in [4.78, 5) is 11.5. The van der Waals surface area contributed by atoms with E-state index in [0.29, 0.717) is 19.4 Å². The first-order valence-electron chi connectivity index (χ1n) is 6.07. The van der Waals surface area contributed by atoms with Gasteiger partial charge in [0.2, 0.25) is 5.91 Å². The predicted molar refractivity (Wildman–Crippen MR) is 75.2 cm³/mol. The summed E-state index contributed by atoms with van der Waals surface area (Å²) in [6.45, 7) is -0.538. The molecular formula is C13H19ClF2N2O2. The monoisotopic (exact) mass is 308 g/mol. The van der Waals surface area contributed by atoms with Gasteiger partial charge in [-0.1, -0.05) is 12.1 Å². The summed E-state index contributed by atoms with van der Waals surface area (Å²) in [5, 5.41) is 2.81. The third-order valence-electron chi connectivity index (χ3n) is 2.59. The van der Waals surface area contributed by atoms with Crippen molar-refractivity contribution in [3.8, 4) is 5.75 Å². The van der Waals surface area contributed by atoms with E-state index in [2.05, 4.69) is 10.1 Å². The Hall–Kier alpha value is -1.40. The van der Waals surface area contributed by atoms with Crippen molar-refractivity contribution in [2.45, 2.75) is 32.4 Å². The smallest absolute Gasteiger partial charge is 0.387 e. The first-order chi connectivity index (χ1) is 9.02. The molecule has 0 aliphatic heterocycles. The van der Waals surface area contributed by atoms with Crippen LogP contribution in [0.25, 0.3) is 0 Å². The molecule has 0 heterocycles. The molecule has 0 aliphatic carbocycles. The SMILES string of the molecule is CC(NC(=O)CCCN)c1ccc(OC(F)F)cc1.Cl. The summed E-state index contributed by atoms with van der Waals surface area (Å²) in [7, 11) is 0. The zero-order valence-corrected chi connectivity index (χ0v) is 12.0. The number of ether oxygens (including phenoxy) is 1. The zero-order valence-electron chi connectivity index (χ0n) is 11.1. The van der Waals surface area contributed by atoms with Gasteiger partial charge < -0.3 is 15.8 Å². The molecule has 0 spiro atoms. The standard InChI is InChI=1S/C13H18F2N2O2.ClH/c1-9(17-12(18)3-2-8-16)10-4-6-11(7-5-10)19-13(14)15;/h4-7,9,13H,2-3,8,16H2,1H3,(H,17,18);1H. The summed E-state index contributed by atoms with van der Waals surface area (Å²) >= 11 is 0. The number of benzene rings is 1. The van der Waals surface area contributed by atoms with Crippen molar-refractivity contribution in [1.29, 1.82) is 0 Å². The van der Waals surface area contributed by atoms with Crippen molar-refractivity contribution < 1.29 is 18.3 Å². The highest BCUT2D eigenvalue weighted by molar-refractivity contribution is 5.85. The molecule has 114 valence electrons. The topological polar surface area (TPSA) is 64.4 Å². The number of nitrogens with one attached hydrogen (secondary N) is 1. The van der Waals surface area contributed by atoms with Gasteiger partial charge in [-0.2, -0.15) is 8.78 Å². The molecule has 7 heteroatoms. The molecule has 0 radical (unpaired) electrons. The molecule has 0 saturated carbocycles. The lowest BCUT2D eigenvalue weighted by molar-refractivity contribution is -0.121. The van der Waals surface area contributed by atoms with Crippen molar-refractivity contribution in [2.24, 2.45) is 5.73 Å². The highest BCUT2D eigenvalue weighted by atomic mass is 35.5. The van der Waals surface area contributed by atoms with Crippen LogP contribution in [-0.2, 0) is 4.79 Å². The highest BCUT2D eigenvalue weighted by Gasteiger charge is 2.10. The number of carbonyl (C=O) groups excluding carboxylic acids is 1. The summed E-state index contributed by atoms with van der Waals surface area (Å²) in [5.41, 5.74) is 6.14. The van der Waals surface area contributed by atoms with Crippen molar-refractivity contribution in [3.63, 3.8) is 0 Å². The van der Waals surface area contributed by atoms with Gasteiger partial charge in [-0.3, -0.25) is 4.79 Å². The largest absolute Gasteiger partial charge is 0.435 e. The normalized spacial score (nSPS) is 11.7. The minimum atomic E-state index is -2.83. The second kappa shape index (κ2) is 9.50. The Balaban J connectivity index is 0.00000361. The first kappa shape index (κ1) is 18.6. The van der Waals surface area contributed by atoms with Crippen molar-refractivity contribution >= 4 is 18.3 Å². The summed E-state index contributed by atoms with van der Waals surface area (Å²) in [6, 6.07) is 6.00. The van der Waals surface area contributed by atoms with Gasteiger partial charge in [0, 0.05) is 6.42 Å². The Kier molecular flexibility index (Phi) is 8.83. The maximum Gasteiger partial charge on any atom is 0.387 e. The maximum atomic E-state index is 12.0. The van der Waals surface area contributed by atoms with Crippen LogP contribution in [0.5, 0.6) is 5.75 Å². The van der Waals surface area contributed by atoms with Crippen LogP contribution in [-0.4, -0.2) is 19.1 Å². The average molecular weight is 309 g/mol. The molecule has 1 rings (SSSR count). The van der Waals surface area contributed by atoms with E-state index in [0.717, 1.165) is 5.56 Å². The Morgan fingerprint density at radius 2 is 1.95 bits per heavy atom. The Morgan fingerprint density at radius 3 is 2.45 bits per heavy atom. The number of nitrogens with two attached hydrogens (primary N) is 1. The van der Waals surface area contributed by atoms with E-state index in [1.165, 1.54) is 12.1 Å². The lowest BCUT2D eigenvalue weighted by atomic mass is 10.1.